The summed E-state index contributed by atoms with van der Waals surface area (Å²) in [5, 5.41) is 14.8. The molecule has 0 saturated carbocycles. The van der Waals surface area contributed by atoms with E-state index in [0.717, 1.165) is 17.5 Å². The number of hydrogen-bond donors (Lipinski definition) is 4. The fourth-order valence-corrected chi connectivity index (χ4v) is 3.59. The van der Waals surface area contributed by atoms with Crippen LogP contribution in [-0.2, 0) is 16.1 Å². The molecule has 0 spiro atoms. The molecule has 2 aromatic carbocycles. The number of alkyl carbamates (subject to hydrolysis) is 2. The average molecular weight is 515 g/mol. The van der Waals surface area contributed by atoms with Crippen molar-refractivity contribution in [2.75, 3.05) is 32.7 Å². The summed E-state index contributed by atoms with van der Waals surface area (Å²) in [5.41, 5.74) is 7.41. The predicted octanol–water partition coefficient (Wildman–Crippen LogP) is 4.27. The number of nitrogens with zero attached hydrogens (tertiary/aromatic N) is 1. The van der Waals surface area contributed by atoms with E-state index >= 15 is 0 Å². The zero-order valence-electron chi connectivity index (χ0n) is 21.1. The Morgan fingerprint density at radius 3 is 2.14 bits per heavy atom. The summed E-state index contributed by atoms with van der Waals surface area (Å²) in [4.78, 5) is 36.8. The highest BCUT2D eigenvalue weighted by molar-refractivity contribution is 5.67. The van der Waals surface area contributed by atoms with Crippen molar-refractivity contribution in [3.05, 3.63) is 71.8 Å². The number of amides is 3. The largest absolute Gasteiger partial charge is 0.465 e. The molecular formula is C27H38N4O6. The number of carbonyl (C=O) groups excluding carboxylic acids is 2. The van der Waals surface area contributed by atoms with Gasteiger partial charge in [-0.05, 0) is 49.8 Å². The minimum Gasteiger partial charge on any atom is -0.465 e. The summed E-state index contributed by atoms with van der Waals surface area (Å²) < 4.78 is 10.7. The molecule has 3 amide bonds. The molecule has 202 valence electrons. The molecule has 37 heavy (non-hydrogen) atoms. The fraction of sp³-hybridized carbons (Fsp3) is 0.444. The lowest BCUT2D eigenvalue weighted by atomic mass is 10.1. The van der Waals surface area contributed by atoms with Crippen LogP contribution in [0, 0.1) is 0 Å². The van der Waals surface area contributed by atoms with Crippen molar-refractivity contribution in [3.63, 3.8) is 0 Å². The molecule has 0 aliphatic carbocycles. The number of nitrogens with one attached hydrogen (secondary N) is 2. The van der Waals surface area contributed by atoms with E-state index in [1.807, 2.05) is 60.7 Å². The molecule has 5 N–H and O–H groups in total. The molecule has 0 aromatic heterocycles. The summed E-state index contributed by atoms with van der Waals surface area (Å²) in [7, 11) is 0. The molecule has 1 unspecified atom stereocenters. The second kappa shape index (κ2) is 17.6. The first-order chi connectivity index (χ1) is 18.0. The summed E-state index contributed by atoms with van der Waals surface area (Å²) in [6.45, 7) is 1.98. The Hall–Kier alpha value is -3.79. The van der Waals surface area contributed by atoms with E-state index in [2.05, 4.69) is 10.6 Å². The van der Waals surface area contributed by atoms with Gasteiger partial charge in [0.2, 0.25) is 0 Å². The quantitative estimate of drug-likeness (QED) is 0.245. The van der Waals surface area contributed by atoms with Crippen molar-refractivity contribution in [1.82, 2.24) is 15.5 Å². The van der Waals surface area contributed by atoms with Crippen molar-refractivity contribution < 1.29 is 29.0 Å². The molecule has 0 bridgehead atoms. The van der Waals surface area contributed by atoms with Gasteiger partial charge in [-0.1, -0.05) is 60.7 Å². The number of ether oxygens (including phenoxy) is 2. The van der Waals surface area contributed by atoms with Crippen LogP contribution in [0.1, 0.15) is 49.3 Å². The summed E-state index contributed by atoms with van der Waals surface area (Å²) in [6, 6.07) is 18.9. The third kappa shape index (κ3) is 12.6. The molecule has 2 rings (SSSR count). The van der Waals surface area contributed by atoms with E-state index < -0.39 is 18.3 Å². The van der Waals surface area contributed by atoms with Gasteiger partial charge in [-0.25, -0.2) is 14.4 Å². The first-order valence-corrected chi connectivity index (χ1v) is 12.6. The van der Waals surface area contributed by atoms with Crippen LogP contribution in [-0.4, -0.2) is 61.0 Å². The molecule has 0 radical (unpaired) electrons. The number of hydrogen-bond acceptors (Lipinski definition) is 6. The van der Waals surface area contributed by atoms with Crippen LogP contribution in [0.4, 0.5) is 14.4 Å². The van der Waals surface area contributed by atoms with Crippen LogP contribution in [0.3, 0.4) is 0 Å². The summed E-state index contributed by atoms with van der Waals surface area (Å²) >= 11 is 0. The maximum absolute atomic E-state index is 12.2. The zero-order chi connectivity index (χ0) is 26.7. The lowest BCUT2D eigenvalue weighted by Crippen LogP contribution is -2.34. The van der Waals surface area contributed by atoms with Gasteiger partial charge >= 0.3 is 18.3 Å². The van der Waals surface area contributed by atoms with Crippen LogP contribution in [0.5, 0.6) is 0 Å². The van der Waals surface area contributed by atoms with Gasteiger partial charge in [-0.3, -0.25) is 0 Å². The topological polar surface area (TPSA) is 143 Å². The van der Waals surface area contributed by atoms with Crippen LogP contribution in [0.15, 0.2) is 60.7 Å². The number of nitrogens with two attached hydrogens (primary N) is 1. The van der Waals surface area contributed by atoms with Gasteiger partial charge in [0.05, 0.1) is 0 Å². The molecule has 1 atom stereocenters. The first-order valence-electron chi connectivity index (χ1n) is 12.6. The van der Waals surface area contributed by atoms with Crippen LogP contribution in [0.25, 0.3) is 0 Å². The molecule has 0 saturated heterocycles. The van der Waals surface area contributed by atoms with E-state index in [0.29, 0.717) is 51.9 Å². The second-order valence-electron chi connectivity index (χ2n) is 8.48. The number of rotatable bonds is 16. The second-order valence-corrected chi connectivity index (χ2v) is 8.48. The first kappa shape index (κ1) is 29.4. The maximum Gasteiger partial charge on any atom is 0.407 e. The lowest BCUT2D eigenvalue weighted by Gasteiger charge is -2.20. The molecule has 10 heteroatoms. The van der Waals surface area contributed by atoms with Gasteiger partial charge in [0, 0.05) is 26.2 Å². The molecule has 0 heterocycles. The van der Waals surface area contributed by atoms with Gasteiger partial charge in [-0.2, -0.15) is 0 Å². The van der Waals surface area contributed by atoms with Gasteiger partial charge < -0.3 is 35.8 Å². The third-order valence-corrected chi connectivity index (χ3v) is 5.57. The third-order valence-electron chi connectivity index (χ3n) is 5.57. The molecule has 10 nitrogen and oxygen atoms in total. The SMILES string of the molecule is NCCCC(OC(=O)NCCCCN(CCCNC(=O)OCc1ccccc1)C(=O)O)c1ccccc1. The van der Waals surface area contributed by atoms with Crippen molar-refractivity contribution in [3.8, 4) is 0 Å². The number of benzene rings is 2. The summed E-state index contributed by atoms with van der Waals surface area (Å²) in [6.07, 6.45) is 0.578. The van der Waals surface area contributed by atoms with E-state index in [4.69, 9.17) is 15.2 Å². The van der Waals surface area contributed by atoms with Gasteiger partial charge in [-0.15, -0.1) is 0 Å². The zero-order valence-corrected chi connectivity index (χ0v) is 21.1. The van der Waals surface area contributed by atoms with Crippen molar-refractivity contribution in [1.29, 1.82) is 0 Å². The minimum atomic E-state index is -1.02. The highest BCUT2D eigenvalue weighted by Crippen LogP contribution is 2.22. The summed E-state index contributed by atoms with van der Waals surface area (Å²) in [5.74, 6) is 0. The molecular weight excluding hydrogens is 476 g/mol. The van der Waals surface area contributed by atoms with Gasteiger partial charge in [0.15, 0.2) is 0 Å². The highest BCUT2D eigenvalue weighted by Gasteiger charge is 2.16. The lowest BCUT2D eigenvalue weighted by molar-refractivity contribution is 0.0913. The Labute approximate surface area is 218 Å². The number of carboxylic acid groups (broad SMARTS) is 1. The molecule has 0 aliphatic rings. The van der Waals surface area contributed by atoms with E-state index in [1.165, 1.54) is 4.90 Å². The normalized spacial score (nSPS) is 11.3. The van der Waals surface area contributed by atoms with Gasteiger partial charge in [0.1, 0.15) is 12.7 Å². The smallest absolute Gasteiger partial charge is 0.407 e. The van der Waals surface area contributed by atoms with Crippen LogP contribution in [0.2, 0.25) is 0 Å². The Balaban J connectivity index is 1.59. The highest BCUT2D eigenvalue weighted by atomic mass is 16.6. The number of unbranched alkanes of at least 4 members (excludes halogenated alkanes) is 1. The standard InChI is InChI=1S/C27H38N4O6/c28-16-9-15-24(23-13-5-2-6-14-23)37-26(33)30-17-7-8-19-31(27(34)35)20-10-18-29-25(32)36-21-22-11-3-1-4-12-22/h1-6,11-14,24H,7-10,15-21,28H2,(H,29,32)(H,30,33)(H,34,35). The van der Waals surface area contributed by atoms with E-state index in [9.17, 15) is 19.5 Å². The Kier molecular flexibility index (Phi) is 14.0. The molecule has 2 aromatic rings. The van der Waals surface area contributed by atoms with Crippen molar-refractivity contribution >= 4 is 18.3 Å². The Morgan fingerprint density at radius 1 is 0.838 bits per heavy atom. The maximum atomic E-state index is 12.2. The minimum absolute atomic E-state index is 0.177. The molecule has 0 aliphatic heterocycles. The van der Waals surface area contributed by atoms with Gasteiger partial charge in [0.25, 0.3) is 0 Å². The monoisotopic (exact) mass is 514 g/mol. The van der Waals surface area contributed by atoms with Crippen molar-refractivity contribution in [2.24, 2.45) is 5.73 Å². The molecule has 0 fully saturated rings. The predicted molar refractivity (Wildman–Crippen MR) is 140 cm³/mol. The Morgan fingerprint density at radius 2 is 1.46 bits per heavy atom. The fourth-order valence-electron chi connectivity index (χ4n) is 3.59. The van der Waals surface area contributed by atoms with E-state index in [1.54, 1.807) is 0 Å². The van der Waals surface area contributed by atoms with Crippen LogP contribution < -0.4 is 16.4 Å². The Bertz CT molecular complexity index is 929. The van der Waals surface area contributed by atoms with E-state index in [-0.39, 0.29) is 19.3 Å². The van der Waals surface area contributed by atoms with Crippen molar-refractivity contribution in [2.45, 2.75) is 44.8 Å². The number of carbonyl (C=O) groups is 3. The average Bonchev–Trinajstić information content (AvgIpc) is 2.91. The van der Waals surface area contributed by atoms with Crippen LogP contribution >= 0.6 is 0 Å².